The van der Waals surface area contributed by atoms with Crippen LogP contribution in [0.25, 0.3) is 17.0 Å². The van der Waals surface area contributed by atoms with Crippen LogP contribution >= 0.6 is 0 Å². The van der Waals surface area contributed by atoms with Gasteiger partial charge in [-0.1, -0.05) is 59.8 Å². The van der Waals surface area contributed by atoms with Crippen LogP contribution in [0.4, 0.5) is 5.69 Å². The molecule has 0 bridgehead atoms. The van der Waals surface area contributed by atoms with Gasteiger partial charge in [0.25, 0.3) is 5.91 Å². The molecule has 146 valence electrons. The molecule has 0 spiro atoms. The monoisotopic (exact) mass is 394 g/mol. The van der Waals surface area contributed by atoms with E-state index in [2.05, 4.69) is 10.1 Å². The van der Waals surface area contributed by atoms with E-state index in [1.165, 1.54) is 0 Å². The normalized spacial score (nSPS) is 10.9. The molecule has 3 heterocycles. The third-order valence-corrected chi connectivity index (χ3v) is 4.91. The molecule has 0 saturated carbocycles. The first-order valence-corrected chi connectivity index (χ1v) is 9.59. The van der Waals surface area contributed by atoms with Crippen LogP contribution in [0.1, 0.15) is 16.2 Å². The lowest BCUT2D eigenvalue weighted by molar-refractivity contribution is 0.0976. The predicted octanol–water partition coefficient (Wildman–Crippen LogP) is 4.84. The van der Waals surface area contributed by atoms with E-state index in [1.54, 1.807) is 17.2 Å². The summed E-state index contributed by atoms with van der Waals surface area (Å²) in [6, 6.07) is 26.6. The highest BCUT2D eigenvalue weighted by atomic mass is 16.5. The molecule has 3 aromatic heterocycles. The van der Waals surface area contributed by atoms with Gasteiger partial charge < -0.3 is 13.8 Å². The van der Waals surface area contributed by atoms with Crippen molar-refractivity contribution in [3.63, 3.8) is 0 Å². The van der Waals surface area contributed by atoms with Gasteiger partial charge in [0.05, 0.1) is 18.4 Å². The summed E-state index contributed by atoms with van der Waals surface area (Å²) in [7, 11) is 0. The summed E-state index contributed by atoms with van der Waals surface area (Å²) in [6.45, 7) is 0.349. The Morgan fingerprint density at radius 1 is 0.933 bits per heavy atom. The van der Waals surface area contributed by atoms with Crippen molar-refractivity contribution in [1.82, 2.24) is 14.5 Å². The van der Waals surface area contributed by atoms with Gasteiger partial charge in [0, 0.05) is 23.5 Å². The van der Waals surface area contributed by atoms with Crippen LogP contribution in [-0.2, 0) is 6.54 Å². The van der Waals surface area contributed by atoms with Crippen molar-refractivity contribution < 1.29 is 9.32 Å². The summed E-state index contributed by atoms with van der Waals surface area (Å²) >= 11 is 0. The average molecular weight is 394 g/mol. The minimum Gasteiger partial charge on any atom is -0.355 e. The Balaban J connectivity index is 1.51. The van der Waals surface area contributed by atoms with Gasteiger partial charge in [0.15, 0.2) is 11.5 Å². The molecule has 1 amide bonds. The molecule has 0 fully saturated rings. The zero-order valence-corrected chi connectivity index (χ0v) is 16.1. The van der Waals surface area contributed by atoms with E-state index in [-0.39, 0.29) is 11.6 Å². The molecular weight excluding hydrogens is 376 g/mol. The molecule has 0 unspecified atom stereocenters. The fourth-order valence-corrected chi connectivity index (χ4v) is 3.41. The number of benzene rings is 2. The Morgan fingerprint density at radius 3 is 2.47 bits per heavy atom. The van der Waals surface area contributed by atoms with Crippen LogP contribution in [0.15, 0.2) is 102 Å². The lowest BCUT2D eigenvalue weighted by atomic mass is 10.1. The largest absolute Gasteiger partial charge is 0.355 e. The first kappa shape index (κ1) is 17.9. The van der Waals surface area contributed by atoms with Crippen molar-refractivity contribution in [3.8, 4) is 11.3 Å². The number of nitrogens with zero attached hydrogens (tertiary/aromatic N) is 4. The number of hydrogen-bond donors (Lipinski definition) is 0. The summed E-state index contributed by atoms with van der Waals surface area (Å²) in [5, 5.41) is 4.04. The number of pyridine rings is 1. The molecule has 0 atom stereocenters. The number of rotatable bonds is 5. The highest BCUT2D eigenvalue weighted by molar-refractivity contribution is 6.05. The van der Waals surface area contributed by atoms with Crippen LogP contribution in [0.3, 0.4) is 0 Å². The highest BCUT2D eigenvalue weighted by Crippen LogP contribution is 2.24. The van der Waals surface area contributed by atoms with Gasteiger partial charge in [0.2, 0.25) is 0 Å². The molecule has 0 saturated heterocycles. The van der Waals surface area contributed by atoms with Gasteiger partial charge in [-0.25, -0.2) is 4.98 Å². The van der Waals surface area contributed by atoms with E-state index in [0.717, 1.165) is 22.6 Å². The van der Waals surface area contributed by atoms with Crippen molar-refractivity contribution in [2.45, 2.75) is 6.54 Å². The van der Waals surface area contributed by atoms with Gasteiger partial charge >= 0.3 is 0 Å². The highest BCUT2D eigenvalue weighted by Gasteiger charge is 2.23. The average Bonchev–Trinajstić information content (AvgIpc) is 3.46. The molecule has 6 heteroatoms. The number of para-hydroxylation sites is 1. The molecule has 0 aliphatic carbocycles. The molecule has 0 aliphatic heterocycles. The maximum absolute atomic E-state index is 13.4. The van der Waals surface area contributed by atoms with E-state index in [9.17, 15) is 4.79 Å². The van der Waals surface area contributed by atoms with Gasteiger partial charge in [0.1, 0.15) is 5.65 Å². The number of fused-ring (bicyclic) bond motifs is 1. The lowest BCUT2D eigenvalue weighted by Gasteiger charge is -2.21. The van der Waals surface area contributed by atoms with Crippen molar-refractivity contribution in [2.75, 3.05) is 4.90 Å². The molecule has 0 aliphatic rings. The Labute approximate surface area is 173 Å². The zero-order chi connectivity index (χ0) is 20.3. The summed E-state index contributed by atoms with van der Waals surface area (Å²) in [5.41, 5.74) is 3.64. The Hall–Kier alpha value is -4.19. The summed E-state index contributed by atoms with van der Waals surface area (Å²) in [5.74, 6) is 0.319. The van der Waals surface area contributed by atoms with Crippen LogP contribution in [0.2, 0.25) is 0 Å². The standard InChI is InChI=1S/C24H18N4O2/c29-24(21-15-22(30-26-21)18-9-3-1-4-10-18)28(19-11-5-2-6-12-19)17-20-16-25-23-13-7-8-14-27(20)23/h1-16H,17H2. The van der Waals surface area contributed by atoms with Crippen LogP contribution < -0.4 is 4.90 Å². The second-order valence-electron chi connectivity index (χ2n) is 6.85. The number of anilines is 1. The third-order valence-electron chi connectivity index (χ3n) is 4.91. The quantitative estimate of drug-likeness (QED) is 0.428. The second kappa shape index (κ2) is 7.67. The van der Waals surface area contributed by atoms with Crippen molar-refractivity contribution in [2.24, 2.45) is 0 Å². The molecular formula is C24H18N4O2. The molecule has 5 aromatic rings. The van der Waals surface area contributed by atoms with E-state index >= 15 is 0 Å². The van der Waals surface area contributed by atoms with Crippen LogP contribution in [-0.4, -0.2) is 20.4 Å². The topological polar surface area (TPSA) is 63.6 Å². The third kappa shape index (κ3) is 3.35. The maximum Gasteiger partial charge on any atom is 0.280 e. The molecule has 5 rings (SSSR count). The molecule has 0 radical (unpaired) electrons. The van der Waals surface area contributed by atoms with Gasteiger partial charge in [-0.05, 0) is 24.3 Å². The minimum atomic E-state index is -0.238. The maximum atomic E-state index is 13.4. The number of imidazole rings is 1. The van der Waals surface area contributed by atoms with Crippen molar-refractivity contribution >= 4 is 17.2 Å². The minimum absolute atomic E-state index is 0.238. The van der Waals surface area contributed by atoms with Gasteiger partial charge in [-0.3, -0.25) is 4.79 Å². The van der Waals surface area contributed by atoms with E-state index in [0.29, 0.717) is 12.3 Å². The van der Waals surface area contributed by atoms with E-state index < -0.39 is 0 Å². The van der Waals surface area contributed by atoms with Crippen LogP contribution in [0, 0.1) is 0 Å². The van der Waals surface area contributed by atoms with E-state index in [1.807, 2.05) is 89.5 Å². The number of carbonyl (C=O) groups is 1. The molecule has 0 N–H and O–H groups in total. The number of hydrogen-bond acceptors (Lipinski definition) is 4. The number of carbonyl (C=O) groups excluding carboxylic acids is 1. The Bertz CT molecular complexity index is 1290. The fourth-order valence-electron chi connectivity index (χ4n) is 3.41. The smallest absolute Gasteiger partial charge is 0.280 e. The summed E-state index contributed by atoms with van der Waals surface area (Å²) in [4.78, 5) is 19.5. The molecule has 6 nitrogen and oxygen atoms in total. The zero-order valence-electron chi connectivity index (χ0n) is 16.1. The first-order chi connectivity index (χ1) is 14.8. The number of amides is 1. The van der Waals surface area contributed by atoms with E-state index in [4.69, 9.17) is 4.52 Å². The Morgan fingerprint density at radius 2 is 1.67 bits per heavy atom. The Kier molecular flexibility index (Phi) is 4.57. The lowest BCUT2D eigenvalue weighted by Crippen LogP contribution is -2.31. The van der Waals surface area contributed by atoms with Gasteiger partial charge in [-0.2, -0.15) is 0 Å². The number of aromatic nitrogens is 3. The van der Waals surface area contributed by atoms with Crippen molar-refractivity contribution in [3.05, 3.63) is 109 Å². The second-order valence-corrected chi connectivity index (χ2v) is 6.85. The summed E-state index contributed by atoms with van der Waals surface area (Å²) < 4.78 is 7.42. The SMILES string of the molecule is O=C(c1cc(-c2ccccc2)on1)N(Cc1cnc2ccccn12)c1ccccc1. The van der Waals surface area contributed by atoms with Crippen molar-refractivity contribution in [1.29, 1.82) is 0 Å². The molecule has 2 aromatic carbocycles. The molecule has 30 heavy (non-hydrogen) atoms. The summed E-state index contributed by atoms with van der Waals surface area (Å²) in [6.07, 6.45) is 3.73. The predicted molar refractivity (Wildman–Crippen MR) is 114 cm³/mol. The van der Waals surface area contributed by atoms with Gasteiger partial charge in [-0.15, -0.1) is 0 Å². The van der Waals surface area contributed by atoms with Crippen LogP contribution in [0.5, 0.6) is 0 Å². The first-order valence-electron chi connectivity index (χ1n) is 9.59. The fraction of sp³-hybridized carbons (Fsp3) is 0.0417.